The van der Waals surface area contributed by atoms with Gasteiger partial charge in [0.15, 0.2) is 0 Å². The molecule has 2 unspecified atom stereocenters. The Bertz CT molecular complexity index is 332. The van der Waals surface area contributed by atoms with E-state index in [-0.39, 0.29) is 0 Å². The van der Waals surface area contributed by atoms with Gasteiger partial charge in [0.25, 0.3) is 0 Å². The molecule has 1 saturated carbocycles. The third kappa shape index (κ3) is 3.05. The molecule has 0 spiro atoms. The van der Waals surface area contributed by atoms with Crippen molar-refractivity contribution in [3.63, 3.8) is 0 Å². The van der Waals surface area contributed by atoms with Crippen LogP contribution in [0.2, 0.25) is 0 Å². The van der Waals surface area contributed by atoms with Gasteiger partial charge in [0.1, 0.15) is 0 Å². The van der Waals surface area contributed by atoms with E-state index in [2.05, 4.69) is 36.5 Å². The molecule has 2 atom stereocenters. The zero-order valence-corrected chi connectivity index (χ0v) is 11.3. The molecule has 0 bridgehead atoms. The van der Waals surface area contributed by atoms with Gasteiger partial charge in [-0.2, -0.15) is 0 Å². The summed E-state index contributed by atoms with van der Waals surface area (Å²) in [6.07, 6.45) is 3.98. The Hall–Kier alpha value is -0.410. The van der Waals surface area contributed by atoms with Crippen molar-refractivity contribution in [1.82, 2.24) is 10.3 Å². The number of aryl methyl sites for hydroxylation is 1. The van der Waals surface area contributed by atoms with Crippen LogP contribution in [-0.4, -0.2) is 17.6 Å². The van der Waals surface area contributed by atoms with Crippen molar-refractivity contribution >= 4 is 11.3 Å². The van der Waals surface area contributed by atoms with Gasteiger partial charge in [-0.05, 0) is 44.6 Å². The van der Waals surface area contributed by atoms with Gasteiger partial charge < -0.3 is 5.32 Å². The number of thiazole rings is 1. The third-order valence-corrected chi connectivity index (χ3v) is 4.32. The summed E-state index contributed by atoms with van der Waals surface area (Å²) in [6.45, 7) is 7.72. The van der Waals surface area contributed by atoms with Crippen LogP contribution in [0.3, 0.4) is 0 Å². The Morgan fingerprint density at radius 1 is 1.44 bits per heavy atom. The second-order valence-electron chi connectivity index (χ2n) is 5.22. The van der Waals surface area contributed by atoms with E-state index >= 15 is 0 Å². The molecule has 0 aliphatic heterocycles. The van der Waals surface area contributed by atoms with Gasteiger partial charge in [-0.15, -0.1) is 11.3 Å². The van der Waals surface area contributed by atoms with Crippen molar-refractivity contribution in [3.8, 4) is 0 Å². The maximum absolute atomic E-state index is 4.56. The second kappa shape index (κ2) is 5.28. The molecule has 1 fully saturated rings. The van der Waals surface area contributed by atoms with Crippen molar-refractivity contribution in [3.05, 3.63) is 16.1 Å². The Morgan fingerprint density at radius 3 is 2.69 bits per heavy atom. The summed E-state index contributed by atoms with van der Waals surface area (Å²) >= 11 is 1.77. The van der Waals surface area contributed by atoms with Crippen LogP contribution < -0.4 is 5.32 Å². The highest BCUT2D eigenvalue weighted by atomic mass is 32.1. The lowest BCUT2D eigenvalue weighted by molar-refractivity contribution is 0.167. The quantitative estimate of drug-likeness (QED) is 0.853. The SMILES string of the molecule is Cc1nc(CC2CCC2CNC(C)C)cs1. The van der Waals surface area contributed by atoms with Crippen molar-refractivity contribution in [1.29, 1.82) is 0 Å². The van der Waals surface area contributed by atoms with Crippen LogP contribution in [0.5, 0.6) is 0 Å². The average Bonchev–Trinajstić information content (AvgIpc) is 2.59. The lowest BCUT2D eigenvalue weighted by Crippen LogP contribution is -2.38. The molecule has 0 radical (unpaired) electrons. The first-order valence-electron chi connectivity index (χ1n) is 6.29. The van der Waals surface area contributed by atoms with Gasteiger partial charge in [-0.1, -0.05) is 13.8 Å². The maximum atomic E-state index is 4.56. The minimum Gasteiger partial charge on any atom is -0.314 e. The van der Waals surface area contributed by atoms with Crippen LogP contribution in [0.4, 0.5) is 0 Å². The zero-order valence-electron chi connectivity index (χ0n) is 10.5. The number of aromatic nitrogens is 1. The highest BCUT2D eigenvalue weighted by Crippen LogP contribution is 2.36. The van der Waals surface area contributed by atoms with Crippen molar-refractivity contribution < 1.29 is 0 Å². The van der Waals surface area contributed by atoms with Crippen LogP contribution in [-0.2, 0) is 6.42 Å². The Morgan fingerprint density at radius 2 is 2.19 bits per heavy atom. The lowest BCUT2D eigenvalue weighted by Gasteiger charge is -2.37. The fraction of sp³-hybridized carbons (Fsp3) is 0.769. The van der Waals surface area contributed by atoms with E-state index in [1.54, 1.807) is 11.3 Å². The molecule has 2 rings (SSSR count). The summed E-state index contributed by atoms with van der Waals surface area (Å²) in [6, 6.07) is 0.614. The van der Waals surface area contributed by atoms with Gasteiger partial charge in [0, 0.05) is 11.4 Å². The predicted molar refractivity (Wildman–Crippen MR) is 69.9 cm³/mol. The van der Waals surface area contributed by atoms with Gasteiger partial charge >= 0.3 is 0 Å². The van der Waals surface area contributed by atoms with Crippen LogP contribution in [0.15, 0.2) is 5.38 Å². The van der Waals surface area contributed by atoms with E-state index in [1.807, 2.05) is 0 Å². The van der Waals surface area contributed by atoms with E-state index in [9.17, 15) is 0 Å². The first-order valence-corrected chi connectivity index (χ1v) is 7.17. The van der Waals surface area contributed by atoms with E-state index in [0.29, 0.717) is 6.04 Å². The number of hydrogen-bond acceptors (Lipinski definition) is 3. The van der Waals surface area contributed by atoms with Gasteiger partial charge in [-0.3, -0.25) is 0 Å². The van der Waals surface area contributed by atoms with E-state index in [0.717, 1.165) is 11.8 Å². The monoisotopic (exact) mass is 238 g/mol. The summed E-state index contributed by atoms with van der Waals surface area (Å²) in [7, 11) is 0. The number of nitrogens with one attached hydrogen (secondary N) is 1. The average molecular weight is 238 g/mol. The topological polar surface area (TPSA) is 24.9 Å². The van der Waals surface area contributed by atoms with Crippen LogP contribution in [0, 0.1) is 18.8 Å². The smallest absolute Gasteiger partial charge is 0.0897 e. The van der Waals surface area contributed by atoms with E-state index in [4.69, 9.17) is 0 Å². The van der Waals surface area contributed by atoms with Crippen LogP contribution in [0.1, 0.15) is 37.4 Å². The molecule has 0 amide bonds. The summed E-state index contributed by atoms with van der Waals surface area (Å²) < 4.78 is 0. The third-order valence-electron chi connectivity index (χ3n) is 3.50. The molecule has 1 aliphatic carbocycles. The molecular formula is C13H22N2S. The van der Waals surface area contributed by atoms with Gasteiger partial charge in [0.05, 0.1) is 10.7 Å². The minimum absolute atomic E-state index is 0.614. The molecule has 0 aromatic carbocycles. The molecule has 1 aromatic rings. The fourth-order valence-electron chi connectivity index (χ4n) is 2.33. The molecule has 1 aromatic heterocycles. The van der Waals surface area contributed by atoms with Crippen molar-refractivity contribution in [2.75, 3.05) is 6.54 Å². The first-order chi connectivity index (χ1) is 7.65. The summed E-state index contributed by atoms with van der Waals surface area (Å²) in [5.74, 6) is 1.75. The minimum atomic E-state index is 0.614. The normalized spacial score (nSPS) is 24.8. The number of nitrogens with zero attached hydrogens (tertiary/aromatic N) is 1. The summed E-state index contributed by atoms with van der Waals surface area (Å²) in [5.41, 5.74) is 1.31. The van der Waals surface area contributed by atoms with Crippen LogP contribution in [0.25, 0.3) is 0 Å². The van der Waals surface area contributed by atoms with E-state index < -0.39 is 0 Å². The highest BCUT2D eigenvalue weighted by molar-refractivity contribution is 7.09. The highest BCUT2D eigenvalue weighted by Gasteiger charge is 2.30. The Balaban J connectivity index is 1.78. The Labute approximate surface area is 102 Å². The number of hydrogen-bond donors (Lipinski definition) is 1. The first kappa shape index (κ1) is 12.1. The number of rotatable bonds is 5. The summed E-state index contributed by atoms with van der Waals surface area (Å²) in [5, 5.41) is 6.97. The molecule has 2 nitrogen and oxygen atoms in total. The lowest BCUT2D eigenvalue weighted by atomic mass is 9.71. The molecule has 1 heterocycles. The van der Waals surface area contributed by atoms with Crippen molar-refractivity contribution in [2.45, 2.75) is 46.1 Å². The van der Waals surface area contributed by atoms with Crippen LogP contribution >= 0.6 is 11.3 Å². The molecule has 0 saturated heterocycles. The van der Waals surface area contributed by atoms with Gasteiger partial charge in [-0.25, -0.2) is 4.98 Å². The fourth-order valence-corrected chi connectivity index (χ4v) is 2.96. The summed E-state index contributed by atoms with van der Waals surface area (Å²) in [4.78, 5) is 4.56. The molecule has 1 N–H and O–H groups in total. The molecule has 16 heavy (non-hydrogen) atoms. The second-order valence-corrected chi connectivity index (χ2v) is 6.28. The standard InChI is InChI=1S/C13H22N2S/c1-9(2)14-7-12-5-4-11(12)6-13-8-16-10(3)15-13/h8-9,11-12,14H,4-7H2,1-3H3. The molecule has 1 aliphatic rings. The molecular weight excluding hydrogens is 216 g/mol. The molecule has 90 valence electrons. The Kier molecular flexibility index (Phi) is 3.98. The van der Waals surface area contributed by atoms with Gasteiger partial charge in [0.2, 0.25) is 0 Å². The predicted octanol–water partition coefficient (Wildman–Crippen LogP) is 3.02. The zero-order chi connectivity index (χ0) is 11.5. The largest absolute Gasteiger partial charge is 0.314 e. The maximum Gasteiger partial charge on any atom is 0.0897 e. The van der Waals surface area contributed by atoms with E-state index in [1.165, 1.54) is 36.5 Å². The molecule has 3 heteroatoms. The van der Waals surface area contributed by atoms with Crippen molar-refractivity contribution in [2.24, 2.45) is 11.8 Å².